The fourth-order valence-electron chi connectivity index (χ4n) is 3.25. The molecule has 4 heterocycles. The van der Waals surface area contributed by atoms with Crippen molar-refractivity contribution in [3.63, 3.8) is 0 Å². The van der Waals surface area contributed by atoms with Crippen molar-refractivity contribution < 1.29 is 4.79 Å². The summed E-state index contributed by atoms with van der Waals surface area (Å²) in [6, 6.07) is 3.72. The van der Waals surface area contributed by atoms with Crippen LogP contribution in [0.1, 0.15) is 33.0 Å². The number of nitrogens with one attached hydrogen (secondary N) is 1. The zero-order chi connectivity index (χ0) is 16.8. The van der Waals surface area contributed by atoms with Crippen molar-refractivity contribution in [2.75, 3.05) is 0 Å². The van der Waals surface area contributed by atoms with Crippen LogP contribution in [0.5, 0.6) is 0 Å². The fraction of sp³-hybridized carbons (Fsp3) is 0.235. The SMILES string of the molecule is O=C(NCc1ccncc1)c1nc2c3c4c(sc3ncn2n1)CCC4. The summed E-state index contributed by atoms with van der Waals surface area (Å²) < 4.78 is 1.61. The number of hydrogen-bond acceptors (Lipinski definition) is 6. The third kappa shape index (κ3) is 2.37. The number of pyridine rings is 1. The standard InChI is InChI=1S/C17H14N6OS/c24-16(19-8-10-4-6-18-7-5-10)14-21-15-13-11-2-1-3-12(11)25-17(13)20-9-23(15)22-14/h4-7,9H,1-3,8H2,(H,19,24). The van der Waals surface area contributed by atoms with Crippen LogP contribution in [0.3, 0.4) is 0 Å². The van der Waals surface area contributed by atoms with Crippen molar-refractivity contribution in [3.8, 4) is 0 Å². The third-order valence-corrected chi connectivity index (χ3v) is 5.65. The Morgan fingerprint density at radius 2 is 2.16 bits per heavy atom. The van der Waals surface area contributed by atoms with Crippen LogP contribution in [0.2, 0.25) is 0 Å². The lowest BCUT2D eigenvalue weighted by Gasteiger charge is -2.01. The number of carbonyl (C=O) groups excluding carboxylic acids is 1. The van der Waals surface area contributed by atoms with E-state index in [0.717, 1.165) is 34.3 Å². The van der Waals surface area contributed by atoms with Crippen LogP contribution in [-0.2, 0) is 19.4 Å². The number of hydrogen-bond donors (Lipinski definition) is 1. The lowest BCUT2D eigenvalue weighted by Crippen LogP contribution is -2.24. The summed E-state index contributed by atoms with van der Waals surface area (Å²) >= 11 is 1.73. The maximum atomic E-state index is 12.4. The Labute approximate surface area is 146 Å². The van der Waals surface area contributed by atoms with Gasteiger partial charge in [0.15, 0.2) is 5.65 Å². The lowest BCUT2D eigenvalue weighted by molar-refractivity contribution is 0.0940. The number of amides is 1. The summed E-state index contributed by atoms with van der Waals surface area (Å²) in [6.07, 6.45) is 8.36. The first-order valence-electron chi connectivity index (χ1n) is 8.12. The summed E-state index contributed by atoms with van der Waals surface area (Å²) in [5.74, 6) is -0.123. The van der Waals surface area contributed by atoms with Gasteiger partial charge in [-0.3, -0.25) is 9.78 Å². The molecule has 4 aromatic rings. The first-order chi connectivity index (χ1) is 12.3. The number of rotatable bonds is 3. The number of fused-ring (bicyclic) bond motifs is 5. The second-order valence-electron chi connectivity index (χ2n) is 6.02. The average Bonchev–Trinajstić information content (AvgIpc) is 3.33. The highest BCUT2D eigenvalue weighted by Crippen LogP contribution is 2.37. The Hall–Kier alpha value is -2.87. The molecule has 0 atom stereocenters. The fourth-order valence-corrected chi connectivity index (χ4v) is 4.47. The van der Waals surface area contributed by atoms with Crippen LogP contribution >= 0.6 is 11.3 Å². The third-order valence-electron chi connectivity index (χ3n) is 4.45. The molecule has 0 aliphatic heterocycles. The van der Waals surface area contributed by atoms with Crippen LogP contribution in [0.4, 0.5) is 0 Å². The van der Waals surface area contributed by atoms with Gasteiger partial charge in [0.2, 0.25) is 5.82 Å². The molecule has 1 amide bonds. The predicted octanol–water partition coefficient (Wildman–Crippen LogP) is 2.15. The van der Waals surface area contributed by atoms with Crippen LogP contribution in [0.15, 0.2) is 30.9 Å². The van der Waals surface area contributed by atoms with E-state index >= 15 is 0 Å². The minimum absolute atomic E-state index is 0.168. The Bertz CT molecular complexity index is 1100. The maximum Gasteiger partial charge on any atom is 0.291 e. The summed E-state index contributed by atoms with van der Waals surface area (Å²) in [5, 5.41) is 8.21. The van der Waals surface area contributed by atoms with Gasteiger partial charge in [-0.1, -0.05) is 0 Å². The molecule has 0 unspecified atom stereocenters. The molecule has 0 spiro atoms. The van der Waals surface area contributed by atoms with Gasteiger partial charge in [-0.15, -0.1) is 16.4 Å². The smallest absolute Gasteiger partial charge is 0.291 e. The second-order valence-corrected chi connectivity index (χ2v) is 7.11. The van der Waals surface area contributed by atoms with E-state index in [-0.39, 0.29) is 11.7 Å². The largest absolute Gasteiger partial charge is 0.345 e. The van der Waals surface area contributed by atoms with Crippen molar-refractivity contribution >= 4 is 33.1 Å². The van der Waals surface area contributed by atoms with E-state index in [1.54, 1.807) is 34.6 Å². The molecule has 0 aromatic carbocycles. The zero-order valence-corrected chi connectivity index (χ0v) is 14.1. The number of thiophene rings is 1. The second kappa shape index (κ2) is 5.59. The molecule has 0 bridgehead atoms. The van der Waals surface area contributed by atoms with E-state index in [1.807, 2.05) is 12.1 Å². The Morgan fingerprint density at radius 1 is 1.28 bits per heavy atom. The predicted molar refractivity (Wildman–Crippen MR) is 93.6 cm³/mol. The van der Waals surface area contributed by atoms with Gasteiger partial charge in [0.25, 0.3) is 5.91 Å². The highest BCUT2D eigenvalue weighted by Gasteiger charge is 2.23. The van der Waals surface area contributed by atoms with Gasteiger partial charge in [-0.25, -0.2) is 14.5 Å². The molecule has 1 N–H and O–H groups in total. The van der Waals surface area contributed by atoms with Crippen molar-refractivity contribution in [3.05, 3.63) is 52.7 Å². The Morgan fingerprint density at radius 3 is 3.04 bits per heavy atom. The molecule has 1 aliphatic carbocycles. The van der Waals surface area contributed by atoms with E-state index in [9.17, 15) is 4.79 Å². The molecule has 0 radical (unpaired) electrons. The minimum atomic E-state index is -0.291. The van der Waals surface area contributed by atoms with E-state index in [0.29, 0.717) is 6.54 Å². The van der Waals surface area contributed by atoms with Crippen LogP contribution in [0, 0.1) is 0 Å². The molecule has 7 nitrogen and oxygen atoms in total. The molecule has 0 saturated heterocycles. The van der Waals surface area contributed by atoms with Crippen molar-refractivity contribution in [1.82, 2.24) is 29.9 Å². The highest BCUT2D eigenvalue weighted by molar-refractivity contribution is 7.19. The van der Waals surface area contributed by atoms with E-state index in [4.69, 9.17) is 0 Å². The van der Waals surface area contributed by atoms with E-state index in [1.165, 1.54) is 16.9 Å². The molecule has 5 rings (SSSR count). The summed E-state index contributed by atoms with van der Waals surface area (Å²) in [4.78, 5) is 27.7. The average molecular weight is 350 g/mol. The lowest BCUT2D eigenvalue weighted by atomic mass is 10.2. The number of nitrogens with zero attached hydrogens (tertiary/aromatic N) is 5. The Kier molecular flexibility index (Phi) is 3.24. The van der Waals surface area contributed by atoms with Gasteiger partial charge in [-0.05, 0) is 42.5 Å². The van der Waals surface area contributed by atoms with Gasteiger partial charge in [-0.2, -0.15) is 0 Å². The van der Waals surface area contributed by atoms with Crippen molar-refractivity contribution in [2.24, 2.45) is 0 Å². The Balaban J connectivity index is 1.50. The summed E-state index contributed by atoms with van der Waals surface area (Å²) in [6.45, 7) is 0.415. The molecule has 1 aliphatic rings. The van der Waals surface area contributed by atoms with Gasteiger partial charge in [0.05, 0.1) is 5.39 Å². The molecular weight excluding hydrogens is 336 g/mol. The summed E-state index contributed by atoms with van der Waals surface area (Å²) in [7, 11) is 0. The molecule has 0 saturated carbocycles. The monoisotopic (exact) mass is 350 g/mol. The van der Waals surface area contributed by atoms with E-state index in [2.05, 4.69) is 25.4 Å². The zero-order valence-electron chi connectivity index (χ0n) is 13.3. The van der Waals surface area contributed by atoms with Crippen LogP contribution in [0.25, 0.3) is 15.9 Å². The summed E-state index contributed by atoms with van der Waals surface area (Å²) in [5.41, 5.74) is 3.03. The maximum absolute atomic E-state index is 12.4. The normalized spacial score (nSPS) is 13.4. The topological polar surface area (TPSA) is 85.1 Å². The van der Waals surface area contributed by atoms with Crippen LogP contribution < -0.4 is 5.32 Å². The quantitative estimate of drug-likeness (QED) is 0.612. The molecule has 124 valence electrons. The first-order valence-corrected chi connectivity index (χ1v) is 8.94. The van der Waals surface area contributed by atoms with Gasteiger partial charge in [0, 0.05) is 23.8 Å². The molecule has 25 heavy (non-hydrogen) atoms. The number of aryl methyl sites for hydroxylation is 2. The molecular formula is C17H14N6OS. The van der Waals surface area contributed by atoms with Gasteiger partial charge in [0.1, 0.15) is 11.2 Å². The number of carbonyl (C=O) groups is 1. The van der Waals surface area contributed by atoms with Crippen LogP contribution in [-0.4, -0.2) is 30.5 Å². The van der Waals surface area contributed by atoms with Gasteiger partial charge >= 0.3 is 0 Å². The molecule has 8 heteroatoms. The van der Waals surface area contributed by atoms with Gasteiger partial charge < -0.3 is 5.32 Å². The van der Waals surface area contributed by atoms with Crippen molar-refractivity contribution in [2.45, 2.75) is 25.8 Å². The van der Waals surface area contributed by atoms with E-state index < -0.39 is 0 Å². The minimum Gasteiger partial charge on any atom is -0.345 e. The first kappa shape index (κ1) is 14.5. The molecule has 4 aromatic heterocycles. The van der Waals surface area contributed by atoms with Crippen molar-refractivity contribution in [1.29, 1.82) is 0 Å². The molecule has 0 fully saturated rings. The highest BCUT2D eigenvalue weighted by atomic mass is 32.1. The number of aromatic nitrogens is 5.